The van der Waals surface area contributed by atoms with Gasteiger partial charge in [0.1, 0.15) is 5.01 Å². The van der Waals surface area contributed by atoms with Gasteiger partial charge in [-0.05, 0) is 27.7 Å². The topological polar surface area (TPSA) is 59.1 Å². The van der Waals surface area contributed by atoms with Gasteiger partial charge in [-0.1, -0.05) is 0 Å². The lowest BCUT2D eigenvalue weighted by Gasteiger charge is -2.22. The predicted molar refractivity (Wildman–Crippen MR) is 72.2 cm³/mol. The molecular formula is C11H20N2O2S2. The van der Waals surface area contributed by atoms with Crippen molar-refractivity contribution < 1.29 is 8.42 Å². The van der Waals surface area contributed by atoms with Crippen LogP contribution in [0.5, 0.6) is 0 Å². The number of aryl methyl sites for hydroxylation is 2. The standard InChI is InChI=1S/C11H20N2O2S2/c1-8-9(2)16-10(13-8)6-12-7-11(3,4)17(5,14)15/h12H,6-7H2,1-5H3. The van der Waals surface area contributed by atoms with Gasteiger partial charge in [-0.15, -0.1) is 11.3 Å². The smallest absolute Gasteiger partial charge is 0.153 e. The Balaban J connectivity index is 2.54. The Labute approximate surface area is 107 Å². The molecule has 0 saturated heterocycles. The number of nitrogens with one attached hydrogen (secondary N) is 1. The van der Waals surface area contributed by atoms with Crippen molar-refractivity contribution in [3.8, 4) is 0 Å². The highest BCUT2D eigenvalue weighted by Gasteiger charge is 2.29. The van der Waals surface area contributed by atoms with Gasteiger partial charge in [0, 0.05) is 24.2 Å². The summed E-state index contributed by atoms with van der Waals surface area (Å²) in [6, 6.07) is 0. The molecule has 0 aliphatic carbocycles. The Hall–Kier alpha value is -0.460. The molecule has 0 aliphatic rings. The van der Waals surface area contributed by atoms with E-state index in [4.69, 9.17) is 0 Å². The summed E-state index contributed by atoms with van der Waals surface area (Å²) < 4.78 is 22.3. The van der Waals surface area contributed by atoms with Crippen LogP contribution in [-0.2, 0) is 16.4 Å². The molecule has 1 N–H and O–H groups in total. The van der Waals surface area contributed by atoms with Gasteiger partial charge in [0.15, 0.2) is 9.84 Å². The molecule has 6 heteroatoms. The van der Waals surface area contributed by atoms with Crippen LogP contribution in [0.2, 0.25) is 0 Å². The summed E-state index contributed by atoms with van der Waals surface area (Å²) in [5.41, 5.74) is 1.05. The van der Waals surface area contributed by atoms with Crippen LogP contribution in [0.25, 0.3) is 0 Å². The average molecular weight is 276 g/mol. The Kier molecular flexibility index (Phi) is 4.33. The van der Waals surface area contributed by atoms with Crippen LogP contribution in [0.4, 0.5) is 0 Å². The van der Waals surface area contributed by atoms with Crippen LogP contribution in [-0.4, -0.2) is 30.9 Å². The van der Waals surface area contributed by atoms with E-state index in [0.29, 0.717) is 13.1 Å². The van der Waals surface area contributed by atoms with Gasteiger partial charge in [-0.3, -0.25) is 0 Å². The second kappa shape index (κ2) is 5.04. The van der Waals surface area contributed by atoms with E-state index in [1.54, 1.807) is 25.2 Å². The third-order valence-electron chi connectivity index (χ3n) is 2.90. The molecule has 0 aromatic carbocycles. The molecule has 4 nitrogen and oxygen atoms in total. The minimum absolute atomic E-state index is 0.434. The zero-order valence-corrected chi connectivity index (χ0v) is 12.6. The maximum atomic E-state index is 11.5. The second-order valence-corrected chi connectivity index (χ2v) is 8.82. The Morgan fingerprint density at radius 1 is 1.35 bits per heavy atom. The van der Waals surface area contributed by atoms with E-state index in [1.165, 1.54) is 11.1 Å². The number of hydrogen-bond acceptors (Lipinski definition) is 5. The van der Waals surface area contributed by atoms with Crippen molar-refractivity contribution >= 4 is 21.2 Å². The number of sulfone groups is 1. The molecule has 0 atom stereocenters. The molecule has 0 bridgehead atoms. The maximum absolute atomic E-state index is 11.5. The fourth-order valence-electron chi connectivity index (χ4n) is 1.22. The van der Waals surface area contributed by atoms with Crippen molar-refractivity contribution in [1.29, 1.82) is 0 Å². The van der Waals surface area contributed by atoms with Crippen LogP contribution >= 0.6 is 11.3 Å². The fourth-order valence-corrected chi connectivity index (χ4v) is 2.48. The van der Waals surface area contributed by atoms with Gasteiger partial charge in [-0.2, -0.15) is 0 Å². The van der Waals surface area contributed by atoms with E-state index in [2.05, 4.69) is 10.3 Å². The molecule has 0 amide bonds. The minimum Gasteiger partial charge on any atom is -0.309 e. The number of rotatable bonds is 5. The molecule has 0 radical (unpaired) electrons. The first-order valence-corrected chi connectivity index (χ1v) is 8.17. The molecule has 0 spiro atoms. The van der Waals surface area contributed by atoms with Crippen LogP contribution in [0.3, 0.4) is 0 Å². The monoisotopic (exact) mass is 276 g/mol. The van der Waals surface area contributed by atoms with Gasteiger partial charge in [0.2, 0.25) is 0 Å². The molecule has 0 unspecified atom stereocenters. The number of thiazole rings is 1. The highest BCUT2D eigenvalue weighted by Crippen LogP contribution is 2.17. The van der Waals surface area contributed by atoms with Crippen LogP contribution < -0.4 is 5.32 Å². The lowest BCUT2D eigenvalue weighted by molar-refractivity contribution is 0.521. The van der Waals surface area contributed by atoms with Crippen molar-refractivity contribution in [2.24, 2.45) is 0 Å². The van der Waals surface area contributed by atoms with Gasteiger partial charge in [0.25, 0.3) is 0 Å². The highest BCUT2D eigenvalue weighted by molar-refractivity contribution is 7.92. The summed E-state index contributed by atoms with van der Waals surface area (Å²) >= 11 is 1.65. The first-order valence-electron chi connectivity index (χ1n) is 5.47. The maximum Gasteiger partial charge on any atom is 0.153 e. The lowest BCUT2D eigenvalue weighted by atomic mass is 10.2. The predicted octanol–water partition coefficient (Wildman–Crippen LogP) is 1.67. The van der Waals surface area contributed by atoms with Crippen molar-refractivity contribution in [2.75, 3.05) is 12.8 Å². The van der Waals surface area contributed by atoms with Crippen molar-refractivity contribution in [3.63, 3.8) is 0 Å². The Morgan fingerprint density at radius 2 is 1.94 bits per heavy atom. The minimum atomic E-state index is -3.04. The molecule has 1 aromatic heterocycles. The quantitative estimate of drug-likeness (QED) is 0.889. The largest absolute Gasteiger partial charge is 0.309 e. The first kappa shape index (κ1) is 14.6. The van der Waals surface area contributed by atoms with Crippen molar-refractivity contribution in [2.45, 2.75) is 39.0 Å². The summed E-state index contributed by atoms with van der Waals surface area (Å²) in [4.78, 5) is 5.61. The van der Waals surface area contributed by atoms with Gasteiger partial charge in [-0.25, -0.2) is 13.4 Å². The molecule has 1 aromatic rings. The third kappa shape index (κ3) is 3.76. The summed E-state index contributed by atoms with van der Waals surface area (Å²) in [5.74, 6) is 0. The molecule has 1 rings (SSSR count). The molecule has 0 aliphatic heterocycles. The van der Waals surface area contributed by atoms with E-state index in [-0.39, 0.29) is 0 Å². The van der Waals surface area contributed by atoms with Crippen molar-refractivity contribution in [1.82, 2.24) is 10.3 Å². The number of aromatic nitrogens is 1. The number of nitrogens with zero attached hydrogens (tertiary/aromatic N) is 1. The lowest BCUT2D eigenvalue weighted by Crippen LogP contribution is -2.41. The van der Waals surface area contributed by atoms with E-state index >= 15 is 0 Å². The van der Waals surface area contributed by atoms with E-state index < -0.39 is 14.6 Å². The Bertz CT molecular complexity index is 470. The summed E-state index contributed by atoms with van der Waals surface area (Å²) in [6.07, 6.45) is 1.27. The molecule has 98 valence electrons. The zero-order valence-electron chi connectivity index (χ0n) is 11.0. The van der Waals surface area contributed by atoms with E-state index in [1.807, 2.05) is 13.8 Å². The fraction of sp³-hybridized carbons (Fsp3) is 0.727. The van der Waals surface area contributed by atoms with Crippen LogP contribution in [0, 0.1) is 13.8 Å². The van der Waals surface area contributed by atoms with Crippen LogP contribution in [0.15, 0.2) is 0 Å². The molecular weight excluding hydrogens is 256 g/mol. The van der Waals surface area contributed by atoms with Gasteiger partial charge >= 0.3 is 0 Å². The van der Waals surface area contributed by atoms with E-state index in [0.717, 1.165) is 10.7 Å². The Morgan fingerprint density at radius 3 is 2.35 bits per heavy atom. The second-order valence-electron chi connectivity index (χ2n) is 4.88. The van der Waals surface area contributed by atoms with Gasteiger partial charge < -0.3 is 5.32 Å². The summed E-state index contributed by atoms with van der Waals surface area (Å²) in [5, 5.41) is 4.16. The average Bonchev–Trinajstić information content (AvgIpc) is 2.44. The molecule has 1 heterocycles. The van der Waals surface area contributed by atoms with Gasteiger partial charge in [0.05, 0.1) is 10.4 Å². The van der Waals surface area contributed by atoms with Crippen LogP contribution in [0.1, 0.15) is 29.4 Å². The van der Waals surface area contributed by atoms with Crippen molar-refractivity contribution in [3.05, 3.63) is 15.6 Å². The third-order valence-corrected chi connectivity index (χ3v) is 6.13. The summed E-state index contributed by atoms with van der Waals surface area (Å²) in [7, 11) is -3.04. The molecule has 17 heavy (non-hydrogen) atoms. The normalized spacial score (nSPS) is 13.0. The molecule has 0 fully saturated rings. The zero-order chi connectivity index (χ0) is 13.3. The first-order chi connectivity index (χ1) is 7.63. The highest BCUT2D eigenvalue weighted by atomic mass is 32.2. The van der Waals surface area contributed by atoms with E-state index in [9.17, 15) is 8.42 Å². The molecule has 0 saturated carbocycles. The SMILES string of the molecule is Cc1nc(CNCC(C)(C)S(C)(=O)=O)sc1C. The number of hydrogen-bond donors (Lipinski definition) is 1. The summed E-state index contributed by atoms with van der Waals surface area (Å²) in [6.45, 7) is 8.54.